The Bertz CT molecular complexity index is 1000. The fourth-order valence-corrected chi connectivity index (χ4v) is 3.13. The lowest BCUT2D eigenvalue weighted by molar-refractivity contribution is 0.0956. The Balaban J connectivity index is 1.70. The van der Waals surface area contributed by atoms with Crippen LogP contribution in [-0.2, 0) is 0 Å². The smallest absolute Gasteiger partial charge is 0.273 e. The lowest BCUT2D eigenvalue weighted by Crippen LogP contribution is -2.21. The van der Waals surface area contributed by atoms with Crippen LogP contribution < -0.4 is 10.7 Å². The van der Waals surface area contributed by atoms with E-state index in [9.17, 15) is 9.59 Å². The summed E-state index contributed by atoms with van der Waals surface area (Å²) < 4.78 is 0. The number of carbonyl (C=O) groups excluding carboxylic acids is 2. The highest BCUT2D eigenvalue weighted by Gasteiger charge is 2.14. The second kappa shape index (κ2) is 8.81. The Hall–Kier alpha value is -2.67. The number of halogens is 2. The summed E-state index contributed by atoms with van der Waals surface area (Å²) in [6, 6.07) is 15.2. The summed E-state index contributed by atoms with van der Waals surface area (Å²) >= 11 is 13.1. The van der Waals surface area contributed by atoms with E-state index in [1.807, 2.05) is 5.38 Å². The topological polar surface area (TPSA) is 70.6 Å². The van der Waals surface area contributed by atoms with Gasteiger partial charge in [0.2, 0.25) is 0 Å². The van der Waals surface area contributed by atoms with Crippen LogP contribution in [0.2, 0.25) is 10.0 Å². The number of para-hydroxylation sites is 1. The predicted octanol–water partition coefficient (Wildman–Crippen LogP) is 5.07. The fraction of sp³-hybridized carbons (Fsp3) is 0. The molecule has 0 aliphatic heterocycles. The van der Waals surface area contributed by atoms with Crippen LogP contribution in [0.1, 0.15) is 25.6 Å². The predicted molar refractivity (Wildman–Crippen MR) is 110 cm³/mol. The quantitative estimate of drug-likeness (QED) is 0.449. The normalized spacial score (nSPS) is 10.7. The molecule has 0 aliphatic carbocycles. The van der Waals surface area contributed by atoms with E-state index in [4.69, 9.17) is 23.2 Å². The highest BCUT2D eigenvalue weighted by Crippen LogP contribution is 2.22. The van der Waals surface area contributed by atoms with Crippen molar-refractivity contribution in [2.24, 2.45) is 5.10 Å². The molecule has 2 N–H and O–H groups in total. The van der Waals surface area contributed by atoms with Gasteiger partial charge in [0.1, 0.15) is 0 Å². The summed E-state index contributed by atoms with van der Waals surface area (Å²) in [5.74, 6) is -0.724. The van der Waals surface area contributed by atoms with Crippen molar-refractivity contribution < 1.29 is 9.59 Å². The van der Waals surface area contributed by atoms with E-state index in [0.717, 1.165) is 0 Å². The molecule has 0 fully saturated rings. The molecule has 0 saturated heterocycles. The zero-order chi connectivity index (χ0) is 19.2. The highest BCUT2D eigenvalue weighted by atomic mass is 35.5. The Kier molecular flexibility index (Phi) is 6.24. The fourth-order valence-electron chi connectivity index (χ4n) is 2.20. The van der Waals surface area contributed by atoms with Crippen molar-refractivity contribution >= 4 is 58.3 Å². The van der Waals surface area contributed by atoms with Gasteiger partial charge >= 0.3 is 0 Å². The van der Waals surface area contributed by atoms with Crippen molar-refractivity contribution in [2.45, 2.75) is 0 Å². The number of nitrogens with one attached hydrogen (secondary N) is 2. The molecule has 1 heterocycles. The standard InChI is InChI=1S/C19H13Cl2N3O2S/c20-14-8-7-12(10-15(14)21)11-22-24-18(25)13-4-1-2-5-16(13)23-19(26)17-6-3-9-27-17/h1-11H,(H,23,26)(H,24,25)/b22-11-. The van der Waals surface area contributed by atoms with Crippen molar-refractivity contribution in [1.29, 1.82) is 0 Å². The van der Waals surface area contributed by atoms with Gasteiger partial charge in [0.25, 0.3) is 11.8 Å². The van der Waals surface area contributed by atoms with Gasteiger partial charge in [-0.05, 0) is 41.3 Å². The first kappa shape index (κ1) is 19.1. The van der Waals surface area contributed by atoms with Crippen molar-refractivity contribution in [3.05, 3.63) is 86.0 Å². The van der Waals surface area contributed by atoms with E-state index in [1.54, 1.807) is 54.6 Å². The van der Waals surface area contributed by atoms with Gasteiger partial charge in [-0.25, -0.2) is 5.43 Å². The molecule has 0 spiro atoms. The van der Waals surface area contributed by atoms with Crippen LogP contribution in [0.5, 0.6) is 0 Å². The number of nitrogens with zero attached hydrogens (tertiary/aromatic N) is 1. The highest BCUT2D eigenvalue weighted by molar-refractivity contribution is 7.12. The van der Waals surface area contributed by atoms with Crippen LogP contribution in [-0.4, -0.2) is 18.0 Å². The number of thiophene rings is 1. The van der Waals surface area contributed by atoms with E-state index < -0.39 is 5.91 Å². The summed E-state index contributed by atoms with van der Waals surface area (Å²) in [5, 5.41) is 9.31. The van der Waals surface area contributed by atoms with Crippen LogP contribution in [0.25, 0.3) is 0 Å². The number of benzene rings is 2. The molecule has 0 unspecified atom stereocenters. The zero-order valence-corrected chi connectivity index (χ0v) is 16.1. The number of rotatable bonds is 5. The third-order valence-electron chi connectivity index (χ3n) is 3.49. The Labute approximate surface area is 169 Å². The molecule has 0 saturated carbocycles. The first-order valence-corrected chi connectivity index (χ1v) is 9.40. The molecule has 136 valence electrons. The summed E-state index contributed by atoms with van der Waals surface area (Å²) in [7, 11) is 0. The summed E-state index contributed by atoms with van der Waals surface area (Å²) in [4.78, 5) is 25.2. The third kappa shape index (κ3) is 4.95. The average molecular weight is 418 g/mol. The molecule has 1 aromatic heterocycles. The minimum absolute atomic E-state index is 0.274. The van der Waals surface area contributed by atoms with Gasteiger partial charge < -0.3 is 5.32 Å². The van der Waals surface area contributed by atoms with Gasteiger partial charge in [0.05, 0.1) is 32.4 Å². The van der Waals surface area contributed by atoms with Crippen LogP contribution in [0.15, 0.2) is 65.1 Å². The minimum atomic E-state index is -0.451. The largest absolute Gasteiger partial charge is 0.321 e. The number of hydrazone groups is 1. The number of hydrogen-bond acceptors (Lipinski definition) is 4. The van der Waals surface area contributed by atoms with E-state index >= 15 is 0 Å². The molecule has 3 aromatic rings. The van der Waals surface area contributed by atoms with Gasteiger partial charge in [0, 0.05) is 0 Å². The number of hydrogen-bond donors (Lipinski definition) is 2. The Morgan fingerprint density at radius 2 is 1.78 bits per heavy atom. The van der Waals surface area contributed by atoms with Crippen molar-refractivity contribution in [1.82, 2.24) is 5.43 Å². The SMILES string of the molecule is O=C(Nc1ccccc1C(=O)N/N=C\c1ccc(Cl)c(Cl)c1)c1cccs1. The molecule has 0 radical (unpaired) electrons. The molecule has 8 heteroatoms. The first-order valence-electron chi connectivity index (χ1n) is 7.77. The van der Waals surface area contributed by atoms with Gasteiger partial charge in [-0.3, -0.25) is 9.59 Å². The van der Waals surface area contributed by atoms with Crippen molar-refractivity contribution in [2.75, 3.05) is 5.32 Å². The van der Waals surface area contributed by atoms with E-state index in [-0.39, 0.29) is 5.91 Å². The lowest BCUT2D eigenvalue weighted by atomic mass is 10.1. The molecule has 2 amide bonds. The van der Waals surface area contributed by atoms with E-state index in [0.29, 0.717) is 31.7 Å². The molecule has 3 rings (SSSR count). The summed E-state index contributed by atoms with van der Waals surface area (Å²) in [5.41, 5.74) is 3.82. The van der Waals surface area contributed by atoms with Crippen LogP contribution >= 0.6 is 34.5 Å². The Morgan fingerprint density at radius 1 is 0.963 bits per heavy atom. The zero-order valence-electron chi connectivity index (χ0n) is 13.8. The number of anilines is 1. The molecule has 0 bridgehead atoms. The molecular weight excluding hydrogens is 405 g/mol. The Morgan fingerprint density at radius 3 is 2.52 bits per heavy atom. The van der Waals surface area contributed by atoms with Gasteiger partial charge in [0.15, 0.2) is 0 Å². The van der Waals surface area contributed by atoms with Crippen molar-refractivity contribution in [3.8, 4) is 0 Å². The average Bonchev–Trinajstić information content (AvgIpc) is 3.20. The second-order valence-corrected chi connectivity index (χ2v) is 7.11. The molecule has 0 atom stereocenters. The van der Waals surface area contributed by atoms with Gasteiger partial charge in [-0.15, -0.1) is 11.3 Å². The summed E-state index contributed by atoms with van der Waals surface area (Å²) in [6.45, 7) is 0. The number of amides is 2. The van der Waals surface area contributed by atoms with Crippen LogP contribution in [0.3, 0.4) is 0 Å². The minimum Gasteiger partial charge on any atom is -0.321 e. The maximum absolute atomic E-state index is 12.4. The van der Waals surface area contributed by atoms with Crippen molar-refractivity contribution in [3.63, 3.8) is 0 Å². The third-order valence-corrected chi connectivity index (χ3v) is 5.10. The molecule has 2 aromatic carbocycles. The van der Waals surface area contributed by atoms with E-state index in [2.05, 4.69) is 15.8 Å². The van der Waals surface area contributed by atoms with Gasteiger partial charge in [-0.1, -0.05) is 47.5 Å². The van der Waals surface area contributed by atoms with Crippen LogP contribution in [0.4, 0.5) is 5.69 Å². The molecular formula is C19H13Cl2N3O2S. The molecule has 27 heavy (non-hydrogen) atoms. The first-order chi connectivity index (χ1) is 13.0. The second-order valence-electron chi connectivity index (χ2n) is 5.35. The summed E-state index contributed by atoms with van der Waals surface area (Å²) in [6.07, 6.45) is 1.45. The lowest BCUT2D eigenvalue weighted by Gasteiger charge is -2.09. The maximum Gasteiger partial charge on any atom is 0.273 e. The number of carbonyl (C=O) groups is 2. The molecule has 5 nitrogen and oxygen atoms in total. The van der Waals surface area contributed by atoms with Crippen LogP contribution in [0, 0.1) is 0 Å². The van der Waals surface area contributed by atoms with Gasteiger partial charge in [-0.2, -0.15) is 5.10 Å². The monoisotopic (exact) mass is 417 g/mol. The molecule has 0 aliphatic rings. The maximum atomic E-state index is 12.4. The van der Waals surface area contributed by atoms with E-state index in [1.165, 1.54) is 17.6 Å².